The molecule has 0 radical (unpaired) electrons. The predicted octanol–water partition coefficient (Wildman–Crippen LogP) is 5.37. The molecule has 0 saturated heterocycles. The van der Waals surface area contributed by atoms with Crippen LogP contribution in [0.15, 0.2) is 65.1 Å². The van der Waals surface area contributed by atoms with Crippen molar-refractivity contribution in [2.75, 3.05) is 7.11 Å². The lowest BCUT2D eigenvalue weighted by molar-refractivity contribution is -0.384. The largest absolute Gasteiger partial charge is 0.493 e. The number of nitrogens with zero attached hydrogens (tertiary/aromatic N) is 1. The fourth-order valence-electron chi connectivity index (χ4n) is 2.87. The molecule has 0 spiro atoms. The van der Waals surface area contributed by atoms with E-state index in [4.69, 9.17) is 9.47 Å². The Morgan fingerprint density at radius 1 is 1.00 bits per heavy atom. The third-order valence-electron chi connectivity index (χ3n) is 4.46. The molecule has 156 valence electrons. The van der Waals surface area contributed by atoms with Crippen molar-refractivity contribution in [2.24, 2.45) is 0 Å². The summed E-state index contributed by atoms with van der Waals surface area (Å²) in [6.07, 6.45) is 0. The number of nitro benzene ring substituents is 1. The van der Waals surface area contributed by atoms with Gasteiger partial charge < -0.3 is 14.8 Å². The Kier molecular flexibility index (Phi) is 7.37. The quantitative estimate of drug-likeness (QED) is 0.333. The van der Waals surface area contributed by atoms with E-state index in [0.29, 0.717) is 24.6 Å². The summed E-state index contributed by atoms with van der Waals surface area (Å²) in [4.78, 5) is 10.4. The predicted molar refractivity (Wildman–Crippen MR) is 115 cm³/mol. The van der Waals surface area contributed by atoms with Crippen LogP contribution in [0.5, 0.6) is 11.5 Å². The number of nitro groups is 1. The van der Waals surface area contributed by atoms with Crippen LogP contribution < -0.4 is 14.8 Å². The molecule has 0 amide bonds. The van der Waals surface area contributed by atoms with Gasteiger partial charge in [0.1, 0.15) is 12.4 Å². The Morgan fingerprint density at radius 3 is 2.30 bits per heavy atom. The highest BCUT2D eigenvalue weighted by atomic mass is 79.9. The van der Waals surface area contributed by atoms with Crippen LogP contribution >= 0.6 is 15.9 Å². The van der Waals surface area contributed by atoms with Crippen LogP contribution in [0.4, 0.5) is 10.1 Å². The van der Waals surface area contributed by atoms with Gasteiger partial charge in [-0.15, -0.1) is 0 Å². The molecule has 0 aliphatic heterocycles. The Balaban J connectivity index is 1.72. The molecule has 0 bridgehead atoms. The lowest BCUT2D eigenvalue weighted by atomic mass is 10.1. The maximum atomic E-state index is 13.1. The van der Waals surface area contributed by atoms with E-state index >= 15 is 0 Å². The summed E-state index contributed by atoms with van der Waals surface area (Å²) in [6.45, 7) is 1.28. The second-order valence-electron chi connectivity index (χ2n) is 6.50. The van der Waals surface area contributed by atoms with Gasteiger partial charge >= 0.3 is 0 Å². The molecule has 0 unspecified atom stereocenters. The Labute approximate surface area is 181 Å². The summed E-state index contributed by atoms with van der Waals surface area (Å²) in [7, 11) is 1.57. The maximum Gasteiger partial charge on any atom is 0.269 e. The molecule has 8 heteroatoms. The van der Waals surface area contributed by atoms with Gasteiger partial charge in [0.2, 0.25) is 0 Å². The molecule has 0 fully saturated rings. The molecular weight excluding hydrogens is 455 g/mol. The molecule has 30 heavy (non-hydrogen) atoms. The van der Waals surface area contributed by atoms with Crippen LogP contribution in [0.1, 0.15) is 16.7 Å². The zero-order valence-electron chi connectivity index (χ0n) is 16.2. The molecule has 3 aromatic carbocycles. The first-order valence-corrected chi connectivity index (χ1v) is 9.94. The normalized spacial score (nSPS) is 10.6. The number of halogens is 2. The molecule has 0 aromatic heterocycles. The molecule has 3 aromatic rings. The highest BCUT2D eigenvalue weighted by Crippen LogP contribution is 2.37. The summed E-state index contributed by atoms with van der Waals surface area (Å²) >= 11 is 3.56. The van der Waals surface area contributed by atoms with E-state index in [9.17, 15) is 14.5 Å². The Morgan fingerprint density at radius 2 is 1.67 bits per heavy atom. The average molecular weight is 475 g/mol. The maximum absolute atomic E-state index is 13.1. The first kappa shape index (κ1) is 21.7. The van der Waals surface area contributed by atoms with Crippen LogP contribution in [0.25, 0.3) is 0 Å². The van der Waals surface area contributed by atoms with Gasteiger partial charge in [-0.2, -0.15) is 0 Å². The van der Waals surface area contributed by atoms with Gasteiger partial charge in [0.25, 0.3) is 5.69 Å². The number of hydrogen-bond donors (Lipinski definition) is 1. The van der Waals surface area contributed by atoms with Crippen molar-refractivity contribution in [2.45, 2.75) is 19.7 Å². The van der Waals surface area contributed by atoms with E-state index in [1.807, 2.05) is 6.07 Å². The fourth-order valence-corrected chi connectivity index (χ4v) is 3.32. The minimum Gasteiger partial charge on any atom is -0.493 e. The zero-order chi connectivity index (χ0) is 21.5. The lowest BCUT2D eigenvalue weighted by Gasteiger charge is -2.17. The van der Waals surface area contributed by atoms with Gasteiger partial charge in [-0.1, -0.05) is 28.1 Å². The van der Waals surface area contributed by atoms with E-state index in [2.05, 4.69) is 21.2 Å². The lowest BCUT2D eigenvalue weighted by Crippen LogP contribution is -2.14. The van der Waals surface area contributed by atoms with Crippen molar-refractivity contribution < 1.29 is 18.8 Å². The van der Waals surface area contributed by atoms with E-state index < -0.39 is 4.92 Å². The zero-order valence-corrected chi connectivity index (χ0v) is 17.8. The van der Waals surface area contributed by atoms with E-state index in [0.717, 1.165) is 21.2 Å². The molecule has 3 rings (SSSR count). The van der Waals surface area contributed by atoms with Crippen molar-refractivity contribution in [3.63, 3.8) is 0 Å². The second-order valence-corrected chi connectivity index (χ2v) is 7.35. The molecule has 0 aliphatic carbocycles. The number of nitrogens with one attached hydrogen (secondary N) is 1. The summed E-state index contributed by atoms with van der Waals surface area (Å²) in [5.41, 5.74) is 2.67. The summed E-state index contributed by atoms with van der Waals surface area (Å²) in [6, 6.07) is 16.2. The van der Waals surface area contributed by atoms with Crippen LogP contribution in [-0.2, 0) is 19.7 Å². The summed E-state index contributed by atoms with van der Waals surface area (Å²) in [5, 5.41) is 14.1. The molecule has 6 nitrogen and oxygen atoms in total. The smallest absolute Gasteiger partial charge is 0.269 e. The Hall–Kier alpha value is -2.97. The summed E-state index contributed by atoms with van der Waals surface area (Å²) in [5.74, 6) is 0.895. The standard InChI is InChI=1S/C22H20BrFN2O4/c1-29-21-11-10-20(23)19(13-25-12-15-2-6-17(24)7-3-15)22(21)30-14-16-4-8-18(9-5-16)26(27)28/h2-11,25H,12-14H2,1H3. The van der Waals surface area contributed by atoms with Crippen molar-refractivity contribution in [3.8, 4) is 11.5 Å². The van der Waals surface area contributed by atoms with Crippen molar-refractivity contribution in [1.29, 1.82) is 0 Å². The fraction of sp³-hybridized carbons (Fsp3) is 0.182. The van der Waals surface area contributed by atoms with Crippen molar-refractivity contribution in [3.05, 3.63) is 97.8 Å². The molecule has 0 atom stereocenters. The minimum absolute atomic E-state index is 0.0319. The van der Waals surface area contributed by atoms with Gasteiger partial charge in [-0.05, 0) is 47.5 Å². The number of hydrogen-bond acceptors (Lipinski definition) is 5. The molecule has 0 heterocycles. The van der Waals surface area contributed by atoms with E-state index in [-0.39, 0.29) is 18.1 Å². The third-order valence-corrected chi connectivity index (χ3v) is 5.20. The molecular formula is C22H20BrFN2O4. The van der Waals surface area contributed by atoms with Crippen LogP contribution in [0, 0.1) is 15.9 Å². The van der Waals surface area contributed by atoms with Crippen LogP contribution in [0.3, 0.4) is 0 Å². The number of ether oxygens (including phenoxy) is 2. The van der Waals surface area contributed by atoms with E-state index in [1.165, 1.54) is 24.3 Å². The number of non-ortho nitro benzene ring substituents is 1. The average Bonchev–Trinajstić information content (AvgIpc) is 2.75. The van der Waals surface area contributed by atoms with Crippen LogP contribution in [0.2, 0.25) is 0 Å². The molecule has 0 saturated carbocycles. The van der Waals surface area contributed by atoms with Gasteiger partial charge in [-0.25, -0.2) is 4.39 Å². The molecule has 1 N–H and O–H groups in total. The number of methoxy groups -OCH3 is 1. The summed E-state index contributed by atoms with van der Waals surface area (Å²) < 4.78 is 25.4. The molecule has 0 aliphatic rings. The minimum atomic E-state index is -0.438. The first-order valence-electron chi connectivity index (χ1n) is 9.14. The topological polar surface area (TPSA) is 73.6 Å². The van der Waals surface area contributed by atoms with Crippen LogP contribution in [-0.4, -0.2) is 12.0 Å². The monoisotopic (exact) mass is 474 g/mol. The highest BCUT2D eigenvalue weighted by molar-refractivity contribution is 9.10. The number of benzene rings is 3. The van der Waals surface area contributed by atoms with Gasteiger partial charge in [0.15, 0.2) is 11.5 Å². The van der Waals surface area contributed by atoms with Gasteiger partial charge in [0.05, 0.1) is 12.0 Å². The second kappa shape index (κ2) is 10.2. The van der Waals surface area contributed by atoms with E-state index in [1.54, 1.807) is 37.4 Å². The van der Waals surface area contributed by atoms with Crippen molar-refractivity contribution >= 4 is 21.6 Å². The van der Waals surface area contributed by atoms with Crippen molar-refractivity contribution in [1.82, 2.24) is 5.32 Å². The third kappa shape index (κ3) is 5.55. The SMILES string of the molecule is COc1ccc(Br)c(CNCc2ccc(F)cc2)c1OCc1ccc([N+](=O)[O-])cc1. The highest BCUT2D eigenvalue weighted by Gasteiger charge is 2.15. The number of rotatable bonds is 9. The first-order chi connectivity index (χ1) is 14.5. The van der Waals surface area contributed by atoms with Gasteiger partial charge in [-0.3, -0.25) is 10.1 Å². The Bertz CT molecular complexity index is 1010. The van der Waals surface area contributed by atoms with Gasteiger partial charge in [0, 0.05) is 35.3 Å².